The second-order valence-corrected chi connectivity index (χ2v) is 5.31. The number of carbonyl (C=O) groups is 1. The van der Waals surface area contributed by atoms with Gasteiger partial charge < -0.3 is 5.11 Å². The molecule has 2 aliphatic rings. The molecule has 0 aromatic rings. The van der Waals surface area contributed by atoms with Crippen LogP contribution in [-0.4, -0.2) is 17.0 Å². The van der Waals surface area contributed by atoms with Gasteiger partial charge in [0.15, 0.2) is 0 Å². The molecule has 0 saturated heterocycles. The molecule has 2 heteroatoms. The van der Waals surface area contributed by atoms with Gasteiger partial charge in [-0.2, -0.15) is 0 Å². The lowest BCUT2D eigenvalue weighted by Crippen LogP contribution is -2.50. The third-order valence-corrected chi connectivity index (χ3v) is 4.62. The molecule has 0 heterocycles. The van der Waals surface area contributed by atoms with Crippen LogP contribution in [0.1, 0.15) is 46.0 Å². The summed E-state index contributed by atoms with van der Waals surface area (Å²) >= 11 is 0. The molecule has 1 N–H and O–H groups in total. The summed E-state index contributed by atoms with van der Waals surface area (Å²) in [6.07, 6.45) is 4.51. The number of hydrogen-bond donors (Lipinski definition) is 1. The van der Waals surface area contributed by atoms with Crippen molar-refractivity contribution in [3.8, 4) is 0 Å². The van der Waals surface area contributed by atoms with Gasteiger partial charge in [-0.25, -0.2) is 0 Å². The molecule has 0 amide bonds. The van der Waals surface area contributed by atoms with Crippen molar-refractivity contribution in [2.75, 3.05) is 0 Å². The first-order valence-electron chi connectivity index (χ1n) is 5.76. The first-order valence-corrected chi connectivity index (χ1v) is 5.76. The highest BCUT2D eigenvalue weighted by atomic mass is 16.3. The van der Waals surface area contributed by atoms with Gasteiger partial charge in [0.1, 0.15) is 5.78 Å². The van der Waals surface area contributed by atoms with Gasteiger partial charge >= 0.3 is 0 Å². The Morgan fingerprint density at radius 1 is 1.43 bits per heavy atom. The van der Waals surface area contributed by atoms with E-state index in [1.165, 1.54) is 0 Å². The Labute approximate surface area is 85.7 Å². The Hall–Kier alpha value is -0.370. The Kier molecular flexibility index (Phi) is 2.42. The van der Waals surface area contributed by atoms with E-state index in [0.29, 0.717) is 18.1 Å². The van der Waals surface area contributed by atoms with Crippen molar-refractivity contribution in [3.05, 3.63) is 0 Å². The largest absolute Gasteiger partial charge is 0.393 e. The maximum atomic E-state index is 11.6. The molecule has 4 atom stereocenters. The summed E-state index contributed by atoms with van der Waals surface area (Å²) < 4.78 is 0. The number of hydrogen-bond acceptors (Lipinski definition) is 2. The minimum absolute atomic E-state index is 0.0194. The maximum absolute atomic E-state index is 11.6. The fourth-order valence-electron chi connectivity index (χ4n) is 3.46. The number of aliphatic hydroxyl groups is 1. The van der Waals surface area contributed by atoms with E-state index in [2.05, 4.69) is 6.92 Å². The lowest BCUT2D eigenvalue weighted by molar-refractivity contribution is -0.140. The number of carbonyl (C=O) groups excluding carboxylic acids is 1. The van der Waals surface area contributed by atoms with Gasteiger partial charge in [0.05, 0.1) is 6.10 Å². The van der Waals surface area contributed by atoms with Crippen LogP contribution in [0, 0.1) is 17.3 Å². The smallest absolute Gasteiger partial charge is 0.136 e. The van der Waals surface area contributed by atoms with Crippen molar-refractivity contribution in [2.45, 2.75) is 52.1 Å². The van der Waals surface area contributed by atoms with Crippen molar-refractivity contribution in [1.29, 1.82) is 0 Å². The minimum Gasteiger partial charge on any atom is -0.393 e. The molecule has 0 aromatic carbocycles. The van der Waals surface area contributed by atoms with E-state index in [0.717, 1.165) is 25.7 Å². The molecule has 2 fully saturated rings. The van der Waals surface area contributed by atoms with Crippen molar-refractivity contribution in [1.82, 2.24) is 0 Å². The van der Waals surface area contributed by atoms with Crippen LogP contribution >= 0.6 is 0 Å². The summed E-state index contributed by atoms with van der Waals surface area (Å²) in [6.45, 7) is 4.22. The normalized spacial score (nSPS) is 48.8. The van der Waals surface area contributed by atoms with E-state index >= 15 is 0 Å². The first kappa shape index (κ1) is 10.2. The standard InChI is InChI=1S/C12H20O2/c1-8-9-4-3-5-11(14)12(9,2)7-6-10(8)13/h8-9,11,14H,3-7H2,1-2H3/t8-,9?,11-,12-/m0/s1. The fourth-order valence-corrected chi connectivity index (χ4v) is 3.46. The molecule has 0 spiro atoms. The van der Waals surface area contributed by atoms with E-state index in [-0.39, 0.29) is 17.4 Å². The predicted molar refractivity (Wildman–Crippen MR) is 54.9 cm³/mol. The molecule has 0 aliphatic heterocycles. The predicted octanol–water partition coefficient (Wildman–Crippen LogP) is 2.15. The summed E-state index contributed by atoms with van der Waals surface area (Å²) in [5.41, 5.74) is 0.0194. The highest BCUT2D eigenvalue weighted by Crippen LogP contribution is 2.51. The average molecular weight is 196 g/mol. The van der Waals surface area contributed by atoms with Crippen molar-refractivity contribution < 1.29 is 9.90 Å². The van der Waals surface area contributed by atoms with E-state index in [9.17, 15) is 9.90 Å². The molecule has 2 aliphatic carbocycles. The minimum atomic E-state index is -0.184. The van der Waals surface area contributed by atoms with Crippen LogP contribution in [0.5, 0.6) is 0 Å². The molecular weight excluding hydrogens is 176 g/mol. The van der Waals surface area contributed by atoms with Gasteiger partial charge in [-0.3, -0.25) is 4.79 Å². The molecule has 0 aromatic heterocycles. The molecule has 2 rings (SSSR count). The fraction of sp³-hybridized carbons (Fsp3) is 0.917. The second-order valence-electron chi connectivity index (χ2n) is 5.31. The summed E-state index contributed by atoms with van der Waals surface area (Å²) in [7, 11) is 0. The Morgan fingerprint density at radius 3 is 2.86 bits per heavy atom. The topological polar surface area (TPSA) is 37.3 Å². The lowest BCUT2D eigenvalue weighted by atomic mass is 9.55. The monoisotopic (exact) mass is 196 g/mol. The van der Waals surface area contributed by atoms with Crippen molar-refractivity contribution in [2.24, 2.45) is 17.3 Å². The van der Waals surface area contributed by atoms with Gasteiger partial charge in [-0.05, 0) is 30.6 Å². The van der Waals surface area contributed by atoms with Crippen molar-refractivity contribution >= 4 is 5.78 Å². The van der Waals surface area contributed by atoms with Crippen LogP contribution in [0.3, 0.4) is 0 Å². The number of rotatable bonds is 0. The van der Waals surface area contributed by atoms with Crippen molar-refractivity contribution in [3.63, 3.8) is 0 Å². The Morgan fingerprint density at radius 2 is 2.14 bits per heavy atom. The molecule has 80 valence electrons. The van der Waals surface area contributed by atoms with Gasteiger partial charge in [0.2, 0.25) is 0 Å². The quantitative estimate of drug-likeness (QED) is 0.644. The third kappa shape index (κ3) is 1.31. The molecule has 0 bridgehead atoms. The van der Waals surface area contributed by atoms with E-state index in [4.69, 9.17) is 0 Å². The molecule has 2 saturated carbocycles. The highest BCUT2D eigenvalue weighted by Gasteiger charge is 2.49. The molecule has 14 heavy (non-hydrogen) atoms. The molecule has 2 nitrogen and oxygen atoms in total. The first-order chi connectivity index (χ1) is 6.55. The molecule has 1 unspecified atom stereocenters. The third-order valence-electron chi connectivity index (χ3n) is 4.62. The van der Waals surface area contributed by atoms with E-state index in [1.807, 2.05) is 6.92 Å². The zero-order valence-corrected chi connectivity index (χ0v) is 9.12. The average Bonchev–Trinajstić information content (AvgIpc) is 2.16. The van der Waals surface area contributed by atoms with Crippen LogP contribution in [0.15, 0.2) is 0 Å². The van der Waals surface area contributed by atoms with Gasteiger partial charge in [0, 0.05) is 12.3 Å². The molecule has 0 radical (unpaired) electrons. The summed E-state index contributed by atoms with van der Waals surface area (Å²) in [4.78, 5) is 11.6. The number of Topliss-reactive ketones (excluding diaryl/α,β-unsaturated/α-hetero) is 1. The van der Waals surface area contributed by atoms with Gasteiger partial charge in [-0.1, -0.05) is 20.3 Å². The van der Waals surface area contributed by atoms with E-state index < -0.39 is 0 Å². The zero-order valence-electron chi connectivity index (χ0n) is 9.12. The van der Waals surface area contributed by atoms with E-state index in [1.54, 1.807) is 0 Å². The van der Waals surface area contributed by atoms with Crippen LogP contribution in [0.4, 0.5) is 0 Å². The molecular formula is C12H20O2. The number of fused-ring (bicyclic) bond motifs is 1. The lowest BCUT2D eigenvalue weighted by Gasteiger charge is -2.50. The van der Waals surface area contributed by atoms with Crippen LogP contribution in [-0.2, 0) is 4.79 Å². The summed E-state index contributed by atoms with van der Waals surface area (Å²) in [5.74, 6) is 0.998. The SMILES string of the molecule is C[C@@H]1C(=O)CC[C@@]2(C)C1CCC[C@@H]2O. The number of ketones is 1. The Balaban J connectivity index is 2.25. The van der Waals surface area contributed by atoms with Crippen LogP contribution < -0.4 is 0 Å². The zero-order chi connectivity index (χ0) is 10.3. The number of aliphatic hydroxyl groups excluding tert-OH is 1. The second kappa shape index (κ2) is 3.34. The maximum Gasteiger partial charge on any atom is 0.136 e. The summed E-state index contributed by atoms with van der Waals surface area (Å²) in [6, 6.07) is 0. The van der Waals surface area contributed by atoms with Crippen LogP contribution in [0.25, 0.3) is 0 Å². The van der Waals surface area contributed by atoms with Gasteiger partial charge in [0.25, 0.3) is 0 Å². The summed E-state index contributed by atoms with van der Waals surface area (Å²) in [5, 5.41) is 10.1. The highest BCUT2D eigenvalue weighted by molar-refractivity contribution is 5.82. The van der Waals surface area contributed by atoms with Gasteiger partial charge in [-0.15, -0.1) is 0 Å². The van der Waals surface area contributed by atoms with Crippen LogP contribution in [0.2, 0.25) is 0 Å². The Bertz CT molecular complexity index is 249.